The van der Waals surface area contributed by atoms with E-state index in [1.54, 1.807) is 12.1 Å². The Hall–Kier alpha value is -3.66. The summed E-state index contributed by atoms with van der Waals surface area (Å²) in [7, 11) is -4.46. The Morgan fingerprint density at radius 2 is 1.64 bits per heavy atom. The number of nitrogens with zero attached hydrogens (tertiary/aromatic N) is 2. The summed E-state index contributed by atoms with van der Waals surface area (Å²) in [5.41, 5.74) is 0.367. The molecule has 1 atom stereocenters. The molecular formula is C23H15F3N2O4S. The number of halogens is 3. The van der Waals surface area contributed by atoms with Gasteiger partial charge in [-0.25, -0.2) is 21.6 Å². The van der Waals surface area contributed by atoms with Crippen molar-refractivity contribution < 1.29 is 31.2 Å². The summed E-state index contributed by atoms with van der Waals surface area (Å²) < 4.78 is 68.2. The minimum absolute atomic E-state index is 0.0157. The summed E-state index contributed by atoms with van der Waals surface area (Å²) in [6.07, 6.45) is 0. The summed E-state index contributed by atoms with van der Waals surface area (Å²) in [4.78, 5) is 26.2. The van der Waals surface area contributed by atoms with E-state index >= 15 is 0 Å². The predicted molar refractivity (Wildman–Crippen MR) is 113 cm³/mol. The Morgan fingerprint density at radius 3 is 2.36 bits per heavy atom. The predicted octanol–water partition coefficient (Wildman–Crippen LogP) is 3.27. The van der Waals surface area contributed by atoms with E-state index in [0.29, 0.717) is 11.6 Å². The number of rotatable bonds is 3. The molecule has 0 saturated carbocycles. The van der Waals surface area contributed by atoms with Gasteiger partial charge in [-0.05, 0) is 35.9 Å². The quantitative estimate of drug-likeness (QED) is 0.587. The van der Waals surface area contributed by atoms with Crippen LogP contribution in [-0.4, -0.2) is 26.0 Å². The van der Waals surface area contributed by atoms with E-state index in [1.807, 2.05) is 0 Å². The molecule has 0 aliphatic carbocycles. The Bertz CT molecular complexity index is 1440. The number of benzene rings is 3. The van der Waals surface area contributed by atoms with Gasteiger partial charge in [0.15, 0.2) is 21.5 Å². The molecule has 6 nitrogen and oxygen atoms in total. The van der Waals surface area contributed by atoms with Gasteiger partial charge in [-0.3, -0.25) is 14.5 Å². The van der Waals surface area contributed by atoms with E-state index in [0.717, 1.165) is 21.9 Å². The molecule has 1 fully saturated rings. The van der Waals surface area contributed by atoms with Gasteiger partial charge in [0.05, 0.1) is 12.2 Å². The van der Waals surface area contributed by atoms with Gasteiger partial charge in [0, 0.05) is 17.3 Å². The van der Waals surface area contributed by atoms with Crippen LogP contribution in [0.3, 0.4) is 0 Å². The Morgan fingerprint density at radius 1 is 0.879 bits per heavy atom. The Balaban J connectivity index is 1.74. The average molecular weight is 472 g/mol. The largest absolute Gasteiger partial charge is 0.304 e. The van der Waals surface area contributed by atoms with Crippen LogP contribution in [-0.2, 0) is 30.8 Å². The van der Waals surface area contributed by atoms with Crippen LogP contribution < -0.4 is 9.80 Å². The second-order valence-corrected chi connectivity index (χ2v) is 9.88. The van der Waals surface area contributed by atoms with E-state index < -0.39 is 49.7 Å². The van der Waals surface area contributed by atoms with Crippen molar-refractivity contribution in [3.8, 4) is 0 Å². The maximum absolute atomic E-state index is 14.0. The Kier molecular flexibility index (Phi) is 4.61. The standard InChI is InChI=1S/C23H15F3N2O4S/c24-15-5-3-4-14(10-15)12-27-20-7-2-1-6-17(20)23(22(27)30)28(21(29)13-33(23,31)32)16-8-9-18(25)19(26)11-16/h1-11H,12-13H2. The van der Waals surface area contributed by atoms with Crippen LogP contribution in [0.2, 0.25) is 0 Å². The third kappa shape index (κ3) is 2.90. The molecule has 5 rings (SSSR count). The highest BCUT2D eigenvalue weighted by atomic mass is 32.2. The summed E-state index contributed by atoms with van der Waals surface area (Å²) in [5.74, 6) is -5.90. The summed E-state index contributed by atoms with van der Waals surface area (Å²) in [5, 5.41) is 0. The molecule has 3 aromatic rings. The van der Waals surface area contributed by atoms with E-state index in [2.05, 4.69) is 0 Å². The SMILES string of the molecule is O=C1CS(=O)(=O)C2(C(=O)N(Cc3cccc(F)c3)c3ccccc32)N1c1ccc(F)c(F)c1. The summed E-state index contributed by atoms with van der Waals surface area (Å²) >= 11 is 0. The first-order chi connectivity index (χ1) is 15.7. The molecule has 1 saturated heterocycles. The Labute approximate surface area is 186 Å². The minimum atomic E-state index is -4.46. The second-order valence-electron chi connectivity index (χ2n) is 7.77. The van der Waals surface area contributed by atoms with Crippen molar-refractivity contribution in [2.45, 2.75) is 11.4 Å². The van der Waals surface area contributed by atoms with Gasteiger partial charge in [-0.1, -0.05) is 30.3 Å². The van der Waals surface area contributed by atoms with Crippen molar-refractivity contribution in [2.75, 3.05) is 15.6 Å². The number of amides is 2. The molecule has 1 unspecified atom stereocenters. The molecule has 2 heterocycles. The van der Waals surface area contributed by atoms with Crippen molar-refractivity contribution >= 4 is 33.0 Å². The van der Waals surface area contributed by atoms with E-state index in [1.165, 1.54) is 36.4 Å². The molecule has 2 aliphatic heterocycles. The number of sulfone groups is 1. The normalized spacial score (nSPS) is 21.2. The minimum Gasteiger partial charge on any atom is -0.304 e. The van der Waals surface area contributed by atoms with Crippen LogP contribution in [0.5, 0.6) is 0 Å². The van der Waals surface area contributed by atoms with Crippen molar-refractivity contribution in [3.63, 3.8) is 0 Å². The van der Waals surface area contributed by atoms with Crippen LogP contribution in [0, 0.1) is 17.5 Å². The van der Waals surface area contributed by atoms with E-state index in [-0.39, 0.29) is 23.5 Å². The van der Waals surface area contributed by atoms with Crippen molar-refractivity contribution in [1.29, 1.82) is 0 Å². The lowest BCUT2D eigenvalue weighted by Crippen LogP contribution is -2.54. The zero-order chi connectivity index (χ0) is 23.5. The van der Waals surface area contributed by atoms with Gasteiger partial charge in [0.25, 0.3) is 10.8 Å². The lowest BCUT2D eigenvalue weighted by Gasteiger charge is -2.32. The molecule has 2 aliphatic rings. The summed E-state index contributed by atoms with van der Waals surface area (Å²) in [6, 6.07) is 14.0. The average Bonchev–Trinajstić information content (AvgIpc) is 3.13. The highest BCUT2D eigenvalue weighted by Gasteiger charge is 2.69. The molecule has 0 bridgehead atoms. The maximum Gasteiger partial charge on any atom is 0.274 e. The molecule has 1 spiro atoms. The third-order valence-corrected chi connectivity index (χ3v) is 7.92. The molecule has 3 aromatic carbocycles. The fraction of sp³-hybridized carbons (Fsp3) is 0.130. The zero-order valence-electron chi connectivity index (χ0n) is 16.8. The molecule has 168 valence electrons. The maximum atomic E-state index is 14.0. The first-order valence-corrected chi connectivity index (χ1v) is 11.5. The lowest BCUT2D eigenvalue weighted by atomic mass is 10.0. The number of para-hydroxylation sites is 1. The topological polar surface area (TPSA) is 74.8 Å². The number of fused-ring (bicyclic) bond motifs is 2. The van der Waals surface area contributed by atoms with Crippen molar-refractivity contribution in [3.05, 3.63) is 95.3 Å². The smallest absolute Gasteiger partial charge is 0.274 e. The second kappa shape index (κ2) is 7.17. The number of hydrogen-bond donors (Lipinski definition) is 0. The van der Waals surface area contributed by atoms with Gasteiger partial charge in [-0.15, -0.1) is 0 Å². The number of hydrogen-bond acceptors (Lipinski definition) is 4. The third-order valence-electron chi connectivity index (χ3n) is 5.81. The molecule has 0 aromatic heterocycles. The number of carbonyl (C=O) groups excluding carboxylic acids is 2. The van der Waals surface area contributed by atoms with Crippen molar-refractivity contribution in [1.82, 2.24) is 0 Å². The first kappa shape index (κ1) is 21.2. The molecule has 33 heavy (non-hydrogen) atoms. The van der Waals surface area contributed by atoms with Gasteiger partial charge < -0.3 is 4.90 Å². The molecule has 2 amide bonds. The van der Waals surface area contributed by atoms with E-state index in [9.17, 15) is 31.2 Å². The monoisotopic (exact) mass is 472 g/mol. The highest BCUT2D eigenvalue weighted by Crippen LogP contribution is 2.52. The van der Waals surface area contributed by atoms with Crippen LogP contribution >= 0.6 is 0 Å². The van der Waals surface area contributed by atoms with Crippen LogP contribution in [0.15, 0.2) is 66.7 Å². The zero-order valence-corrected chi connectivity index (χ0v) is 17.7. The first-order valence-electron chi connectivity index (χ1n) is 9.83. The van der Waals surface area contributed by atoms with Gasteiger partial charge in [0.1, 0.15) is 11.6 Å². The summed E-state index contributed by atoms with van der Waals surface area (Å²) in [6.45, 7) is -0.162. The van der Waals surface area contributed by atoms with Gasteiger partial charge in [-0.2, -0.15) is 0 Å². The van der Waals surface area contributed by atoms with Gasteiger partial charge in [0.2, 0.25) is 5.91 Å². The van der Waals surface area contributed by atoms with Crippen LogP contribution in [0.4, 0.5) is 24.5 Å². The number of anilines is 2. The molecule has 10 heteroatoms. The van der Waals surface area contributed by atoms with Crippen molar-refractivity contribution in [2.24, 2.45) is 0 Å². The van der Waals surface area contributed by atoms with Crippen LogP contribution in [0.1, 0.15) is 11.1 Å². The molecular weight excluding hydrogens is 457 g/mol. The highest BCUT2D eigenvalue weighted by molar-refractivity contribution is 7.94. The van der Waals surface area contributed by atoms with Gasteiger partial charge >= 0.3 is 0 Å². The fourth-order valence-corrected chi connectivity index (χ4v) is 6.52. The van der Waals surface area contributed by atoms with Crippen LogP contribution in [0.25, 0.3) is 0 Å². The van der Waals surface area contributed by atoms with E-state index in [4.69, 9.17) is 0 Å². The molecule has 0 N–H and O–H groups in total. The molecule has 0 radical (unpaired) electrons. The fourth-order valence-electron chi connectivity index (χ4n) is 4.49. The number of carbonyl (C=O) groups is 2. The lowest BCUT2D eigenvalue weighted by molar-refractivity contribution is -0.123.